The van der Waals surface area contributed by atoms with E-state index in [1.807, 2.05) is 6.92 Å². The van der Waals surface area contributed by atoms with Crippen molar-refractivity contribution in [3.05, 3.63) is 35.1 Å². The number of benzene rings is 1. The molecule has 0 aromatic heterocycles. The number of piperidine rings is 1. The van der Waals surface area contributed by atoms with Crippen LogP contribution in [0.5, 0.6) is 0 Å². The van der Waals surface area contributed by atoms with Crippen LogP contribution in [-0.2, 0) is 0 Å². The number of aryl methyl sites for hydroxylation is 1. The van der Waals surface area contributed by atoms with Crippen LogP contribution in [0.4, 0.5) is 4.39 Å². The van der Waals surface area contributed by atoms with Crippen LogP contribution in [0.1, 0.15) is 35.7 Å². The summed E-state index contributed by atoms with van der Waals surface area (Å²) in [7, 11) is 0. The van der Waals surface area contributed by atoms with Gasteiger partial charge in [-0.05, 0) is 56.4 Å². The number of hydrogen-bond acceptors (Lipinski definition) is 2. The van der Waals surface area contributed by atoms with Crippen molar-refractivity contribution >= 4 is 5.91 Å². The Bertz CT molecular complexity index is 453. The predicted molar refractivity (Wildman–Crippen MR) is 73.4 cm³/mol. The van der Waals surface area contributed by atoms with Crippen LogP contribution in [0, 0.1) is 18.7 Å². The highest BCUT2D eigenvalue weighted by molar-refractivity contribution is 5.94. The highest BCUT2D eigenvalue weighted by atomic mass is 19.1. The first-order valence-corrected chi connectivity index (χ1v) is 6.79. The average molecular weight is 264 g/mol. The van der Waals surface area contributed by atoms with E-state index in [0.717, 1.165) is 24.9 Å². The van der Waals surface area contributed by atoms with E-state index in [1.165, 1.54) is 12.1 Å². The molecule has 0 saturated carbocycles. The molecule has 1 heterocycles. The second kappa shape index (κ2) is 5.70. The minimum atomic E-state index is -0.357. The van der Waals surface area contributed by atoms with E-state index in [-0.39, 0.29) is 17.8 Å². The molecule has 1 aliphatic heterocycles. The normalized spacial score (nSPS) is 21.3. The lowest BCUT2D eigenvalue weighted by molar-refractivity contribution is 0.0660. The predicted octanol–water partition coefficient (Wildman–Crippen LogP) is 2.33. The Balaban J connectivity index is 2.14. The van der Waals surface area contributed by atoms with Gasteiger partial charge in [-0.2, -0.15) is 0 Å². The number of nitrogens with two attached hydrogens (primary N) is 1. The zero-order chi connectivity index (χ0) is 14.0. The van der Waals surface area contributed by atoms with Crippen molar-refractivity contribution in [3.63, 3.8) is 0 Å². The highest BCUT2D eigenvalue weighted by Gasteiger charge is 2.26. The lowest BCUT2D eigenvalue weighted by Gasteiger charge is -2.34. The molecule has 1 saturated heterocycles. The molecule has 3 nitrogen and oxygen atoms in total. The molecule has 1 fully saturated rings. The van der Waals surface area contributed by atoms with Gasteiger partial charge >= 0.3 is 0 Å². The standard InChI is InChI=1S/C15H21FN2O/c1-10-6-13(8-14(16)7-10)15(19)18-5-3-4-12(9-18)11(2)17/h6-8,11-12H,3-5,9,17H2,1-2H3. The van der Waals surface area contributed by atoms with Gasteiger partial charge in [0.05, 0.1) is 0 Å². The summed E-state index contributed by atoms with van der Waals surface area (Å²) in [5.41, 5.74) is 7.12. The molecule has 1 aliphatic rings. The molecule has 104 valence electrons. The molecular formula is C15H21FN2O. The van der Waals surface area contributed by atoms with Crippen molar-refractivity contribution in [2.24, 2.45) is 11.7 Å². The Morgan fingerprint density at radius 2 is 2.21 bits per heavy atom. The summed E-state index contributed by atoms with van der Waals surface area (Å²) in [6, 6.07) is 4.56. The monoisotopic (exact) mass is 264 g/mol. The lowest BCUT2D eigenvalue weighted by atomic mass is 9.92. The van der Waals surface area contributed by atoms with Crippen LogP contribution in [0.3, 0.4) is 0 Å². The van der Waals surface area contributed by atoms with Crippen molar-refractivity contribution in [1.29, 1.82) is 0 Å². The van der Waals surface area contributed by atoms with Crippen molar-refractivity contribution < 1.29 is 9.18 Å². The quantitative estimate of drug-likeness (QED) is 0.891. The highest BCUT2D eigenvalue weighted by Crippen LogP contribution is 2.21. The summed E-state index contributed by atoms with van der Waals surface area (Å²) >= 11 is 0. The summed E-state index contributed by atoms with van der Waals surface area (Å²) in [6.07, 6.45) is 2.02. The first-order chi connectivity index (χ1) is 8.97. The fourth-order valence-corrected chi connectivity index (χ4v) is 2.67. The third kappa shape index (κ3) is 3.32. The molecule has 0 radical (unpaired) electrons. The fraction of sp³-hybridized carbons (Fsp3) is 0.533. The van der Waals surface area contributed by atoms with Crippen molar-refractivity contribution in [1.82, 2.24) is 4.90 Å². The molecule has 4 heteroatoms. The van der Waals surface area contributed by atoms with Gasteiger partial charge in [0.2, 0.25) is 0 Å². The van der Waals surface area contributed by atoms with E-state index in [2.05, 4.69) is 0 Å². The number of amides is 1. The van der Waals surface area contributed by atoms with Crippen LogP contribution >= 0.6 is 0 Å². The number of nitrogens with zero attached hydrogens (tertiary/aromatic N) is 1. The van der Waals surface area contributed by atoms with E-state index in [0.29, 0.717) is 18.0 Å². The van der Waals surface area contributed by atoms with Gasteiger partial charge in [0.25, 0.3) is 5.91 Å². The molecule has 0 bridgehead atoms. The summed E-state index contributed by atoms with van der Waals surface area (Å²) in [6.45, 7) is 5.18. The molecule has 1 amide bonds. The molecule has 2 atom stereocenters. The summed E-state index contributed by atoms with van der Waals surface area (Å²) < 4.78 is 13.4. The van der Waals surface area contributed by atoms with Gasteiger partial charge in [-0.3, -0.25) is 4.79 Å². The maximum Gasteiger partial charge on any atom is 0.253 e. The Morgan fingerprint density at radius 1 is 1.47 bits per heavy atom. The van der Waals surface area contributed by atoms with Crippen LogP contribution in [0.25, 0.3) is 0 Å². The van der Waals surface area contributed by atoms with Gasteiger partial charge in [0.15, 0.2) is 0 Å². The number of carbonyl (C=O) groups is 1. The van der Waals surface area contributed by atoms with Crippen LogP contribution in [0.2, 0.25) is 0 Å². The number of halogens is 1. The van der Waals surface area contributed by atoms with Gasteiger partial charge in [0, 0.05) is 24.7 Å². The van der Waals surface area contributed by atoms with Crippen molar-refractivity contribution in [2.75, 3.05) is 13.1 Å². The molecule has 19 heavy (non-hydrogen) atoms. The third-order valence-corrected chi connectivity index (χ3v) is 3.78. The first kappa shape index (κ1) is 14.0. The van der Waals surface area contributed by atoms with Gasteiger partial charge in [-0.25, -0.2) is 4.39 Å². The van der Waals surface area contributed by atoms with E-state index >= 15 is 0 Å². The van der Waals surface area contributed by atoms with E-state index in [9.17, 15) is 9.18 Å². The first-order valence-electron chi connectivity index (χ1n) is 6.79. The lowest BCUT2D eigenvalue weighted by Crippen LogP contribution is -2.45. The number of likely N-dealkylation sites (tertiary alicyclic amines) is 1. The fourth-order valence-electron chi connectivity index (χ4n) is 2.67. The van der Waals surface area contributed by atoms with Crippen LogP contribution in [0.15, 0.2) is 18.2 Å². The van der Waals surface area contributed by atoms with Crippen molar-refractivity contribution in [3.8, 4) is 0 Å². The van der Waals surface area contributed by atoms with Crippen LogP contribution in [-0.4, -0.2) is 29.9 Å². The van der Waals surface area contributed by atoms with Crippen LogP contribution < -0.4 is 5.73 Å². The topological polar surface area (TPSA) is 46.3 Å². The Labute approximate surface area is 113 Å². The SMILES string of the molecule is Cc1cc(F)cc(C(=O)N2CCCC(C(C)N)C2)c1. The van der Waals surface area contributed by atoms with E-state index < -0.39 is 0 Å². The molecule has 1 aromatic carbocycles. The number of carbonyl (C=O) groups excluding carboxylic acids is 1. The minimum Gasteiger partial charge on any atom is -0.338 e. The number of rotatable bonds is 2. The van der Waals surface area contributed by atoms with E-state index in [1.54, 1.807) is 17.9 Å². The zero-order valence-electron chi connectivity index (χ0n) is 11.5. The molecule has 2 N–H and O–H groups in total. The van der Waals surface area contributed by atoms with Gasteiger partial charge < -0.3 is 10.6 Å². The average Bonchev–Trinajstić information content (AvgIpc) is 2.37. The molecule has 0 spiro atoms. The smallest absolute Gasteiger partial charge is 0.253 e. The summed E-state index contributed by atoms with van der Waals surface area (Å²) in [5, 5.41) is 0. The van der Waals surface area contributed by atoms with E-state index in [4.69, 9.17) is 5.73 Å². The van der Waals surface area contributed by atoms with Gasteiger partial charge in [-0.15, -0.1) is 0 Å². The minimum absolute atomic E-state index is 0.0878. The molecule has 2 unspecified atom stereocenters. The van der Waals surface area contributed by atoms with Gasteiger partial charge in [-0.1, -0.05) is 0 Å². The molecular weight excluding hydrogens is 243 g/mol. The third-order valence-electron chi connectivity index (χ3n) is 3.78. The number of hydrogen-bond donors (Lipinski definition) is 1. The van der Waals surface area contributed by atoms with Crippen molar-refractivity contribution in [2.45, 2.75) is 32.7 Å². The second-order valence-corrected chi connectivity index (χ2v) is 5.53. The molecule has 1 aromatic rings. The zero-order valence-corrected chi connectivity index (χ0v) is 11.5. The molecule has 0 aliphatic carbocycles. The largest absolute Gasteiger partial charge is 0.338 e. The summed E-state index contributed by atoms with van der Waals surface area (Å²) in [4.78, 5) is 14.2. The maximum atomic E-state index is 13.4. The Kier molecular flexibility index (Phi) is 4.20. The maximum absolute atomic E-state index is 13.4. The summed E-state index contributed by atoms with van der Waals surface area (Å²) in [5.74, 6) is -0.107. The second-order valence-electron chi connectivity index (χ2n) is 5.53. The van der Waals surface area contributed by atoms with Gasteiger partial charge in [0.1, 0.15) is 5.82 Å². The Morgan fingerprint density at radius 3 is 2.84 bits per heavy atom. The molecule has 2 rings (SSSR count). The Hall–Kier alpha value is -1.42.